The predicted octanol–water partition coefficient (Wildman–Crippen LogP) is 2.67. The average Bonchev–Trinajstić information content (AvgIpc) is 3.16. The molecule has 1 saturated carbocycles. The molecule has 2 amide bonds. The number of nitrogens with two attached hydrogens (primary N) is 1. The quantitative estimate of drug-likeness (QED) is 0.779. The van der Waals surface area contributed by atoms with Crippen molar-refractivity contribution in [1.82, 2.24) is 5.32 Å². The smallest absolute Gasteiger partial charge is 0.291 e. The zero-order chi connectivity index (χ0) is 17.6. The second-order valence-electron chi connectivity index (χ2n) is 6.47. The summed E-state index contributed by atoms with van der Waals surface area (Å²) < 4.78 is 5.05. The fourth-order valence-electron chi connectivity index (χ4n) is 3.11. The van der Waals surface area contributed by atoms with E-state index < -0.39 is 0 Å². The lowest BCUT2D eigenvalue weighted by atomic mass is 9.85. The summed E-state index contributed by atoms with van der Waals surface area (Å²) in [6.07, 6.45) is 5.17. The zero-order valence-electron chi connectivity index (χ0n) is 14.0. The molecule has 1 fully saturated rings. The molecule has 6 heteroatoms. The van der Waals surface area contributed by atoms with Crippen molar-refractivity contribution < 1.29 is 14.0 Å². The van der Waals surface area contributed by atoms with Crippen LogP contribution in [-0.4, -0.2) is 17.9 Å². The van der Waals surface area contributed by atoms with Crippen LogP contribution in [0, 0.1) is 5.92 Å². The first-order valence-electron chi connectivity index (χ1n) is 8.59. The number of carbonyl (C=O) groups excluding carboxylic acids is 2. The van der Waals surface area contributed by atoms with E-state index in [0.717, 1.165) is 31.2 Å². The molecule has 1 aromatic carbocycles. The Labute approximate surface area is 146 Å². The van der Waals surface area contributed by atoms with E-state index in [1.54, 1.807) is 24.3 Å². The number of hydrogen-bond donors (Lipinski definition) is 3. The highest BCUT2D eigenvalue weighted by Crippen LogP contribution is 2.23. The summed E-state index contributed by atoms with van der Waals surface area (Å²) in [6.45, 7) is 0.469. The summed E-state index contributed by atoms with van der Waals surface area (Å²) in [7, 11) is 0. The number of amides is 2. The van der Waals surface area contributed by atoms with Crippen LogP contribution in [0.25, 0.3) is 0 Å². The lowest BCUT2D eigenvalue weighted by molar-refractivity contribution is -0.126. The third-order valence-electron chi connectivity index (χ3n) is 4.51. The van der Waals surface area contributed by atoms with Gasteiger partial charge in [-0.15, -0.1) is 0 Å². The highest BCUT2D eigenvalue weighted by molar-refractivity contribution is 6.02. The lowest BCUT2D eigenvalue weighted by Gasteiger charge is -2.25. The molecule has 6 nitrogen and oxygen atoms in total. The Morgan fingerprint density at radius 1 is 1.16 bits per heavy atom. The van der Waals surface area contributed by atoms with Gasteiger partial charge in [0.05, 0.1) is 6.26 Å². The van der Waals surface area contributed by atoms with Gasteiger partial charge in [0.2, 0.25) is 5.91 Å². The molecule has 0 aliphatic heterocycles. The van der Waals surface area contributed by atoms with Crippen LogP contribution in [0.3, 0.4) is 0 Å². The van der Waals surface area contributed by atoms with Gasteiger partial charge in [-0.1, -0.05) is 18.6 Å². The van der Waals surface area contributed by atoms with Crippen molar-refractivity contribution >= 4 is 17.5 Å². The maximum absolute atomic E-state index is 12.2. The van der Waals surface area contributed by atoms with Crippen molar-refractivity contribution in [2.75, 3.05) is 5.32 Å². The molecule has 0 spiro atoms. The van der Waals surface area contributed by atoms with Crippen LogP contribution >= 0.6 is 0 Å². The van der Waals surface area contributed by atoms with E-state index in [4.69, 9.17) is 10.2 Å². The molecule has 1 aliphatic rings. The molecule has 1 heterocycles. The molecule has 25 heavy (non-hydrogen) atoms. The van der Waals surface area contributed by atoms with Gasteiger partial charge in [0.1, 0.15) is 0 Å². The van der Waals surface area contributed by atoms with Crippen LogP contribution in [-0.2, 0) is 11.3 Å². The molecule has 0 bridgehead atoms. The van der Waals surface area contributed by atoms with Crippen molar-refractivity contribution in [2.45, 2.75) is 38.3 Å². The van der Waals surface area contributed by atoms with Crippen LogP contribution < -0.4 is 16.4 Å². The minimum atomic E-state index is -0.292. The first-order valence-corrected chi connectivity index (χ1v) is 8.59. The number of benzene rings is 1. The molecule has 2 atom stereocenters. The Hall–Kier alpha value is -2.60. The third kappa shape index (κ3) is 4.70. The standard InChI is InChI=1S/C19H23N3O3/c20-15-4-1-3-14(11-15)18(23)21-12-13-6-8-16(9-7-13)22-19(24)17-5-2-10-25-17/h2,5-10,14-15H,1,3-4,11-12,20H2,(H,21,23)(H,22,24). The molecule has 4 N–H and O–H groups in total. The highest BCUT2D eigenvalue weighted by atomic mass is 16.3. The number of hydrogen-bond acceptors (Lipinski definition) is 4. The number of rotatable bonds is 5. The lowest BCUT2D eigenvalue weighted by Crippen LogP contribution is -2.37. The zero-order valence-corrected chi connectivity index (χ0v) is 14.0. The van der Waals surface area contributed by atoms with Gasteiger partial charge in [-0.05, 0) is 49.1 Å². The van der Waals surface area contributed by atoms with E-state index in [9.17, 15) is 9.59 Å². The Morgan fingerprint density at radius 3 is 2.64 bits per heavy atom. The maximum Gasteiger partial charge on any atom is 0.291 e. The molecular weight excluding hydrogens is 318 g/mol. The predicted molar refractivity (Wildman–Crippen MR) is 94.9 cm³/mol. The van der Waals surface area contributed by atoms with Gasteiger partial charge in [0.15, 0.2) is 5.76 Å². The van der Waals surface area contributed by atoms with Crippen LogP contribution in [0.2, 0.25) is 0 Å². The van der Waals surface area contributed by atoms with Gasteiger partial charge in [0, 0.05) is 24.2 Å². The molecule has 2 unspecified atom stereocenters. The Balaban J connectivity index is 1.49. The van der Waals surface area contributed by atoms with E-state index in [0.29, 0.717) is 12.2 Å². The fraction of sp³-hybridized carbons (Fsp3) is 0.368. The van der Waals surface area contributed by atoms with E-state index >= 15 is 0 Å². The van der Waals surface area contributed by atoms with Crippen molar-refractivity contribution in [3.8, 4) is 0 Å². The Kier molecular flexibility index (Phi) is 5.50. The monoisotopic (exact) mass is 341 g/mol. The second kappa shape index (κ2) is 7.98. The number of furan rings is 1. The van der Waals surface area contributed by atoms with Crippen LogP contribution in [0.1, 0.15) is 41.8 Å². The minimum absolute atomic E-state index is 0.0237. The first kappa shape index (κ1) is 17.2. The SMILES string of the molecule is NC1CCCC(C(=O)NCc2ccc(NC(=O)c3ccco3)cc2)C1. The molecule has 1 aliphatic carbocycles. The topological polar surface area (TPSA) is 97.4 Å². The van der Waals surface area contributed by atoms with E-state index in [1.165, 1.54) is 6.26 Å². The fourth-order valence-corrected chi connectivity index (χ4v) is 3.11. The van der Waals surface area contributed by atoms with Gasteiger partial charge in [-0.2, -0.15) is 0 Å². The van der Waals surface area contributed by atoms with Gasteiger partial charge in [0.25, 0.3) is 5.91 Å². The number of nitrogens with one attached hydrogen (secondary N) is 2. The summed E-state index contributed by atoms with van der Waals surface area (Å²) >= 11 is 0. The van der Waals surface area contributed by atoms with Gasteiger partial charge in [-0.3, -0.25) is 9.59 Å². The molecular formula is C19H23N3O3. The first-order chi connectivity index (χ1) is 12.1. The summed E-state index contributed by atoms with van der Waals surface area (Å²) in [5, 5.41) is 5.73. The molecule has 2 aromatic rings. The van der Waals surface area contributed by atoms with Crippen molar-refractivity contribution in [2.24, 2.45) is 11.7 Å². The molecule has 132 valence electrons. The average molecular weight is 341 g/mol. The van der Waals surface area contributed by atoms with Gasteiger partial charge < -0.3 is 20.8 Å². The molecule has 1 aromatic heterocycles. The Bertz CT molecular complexity index is 710. The largest absolute Gasteiger partial charge is 0.459 e. The van der Waals surface area contributed by atoms with Gasteiger partial charge in [-0.25, -0.2) is 0 Å². The normalized spacial score (nSPS) is 20.0. The van der Waals surface area contributed by atoms with Crippen LogP contribution in [0.4, 0.5) is 5.69 Å². The van der Waals surface area contributed by atoms with Crippen LogP contribution in [0.15, 0.2) is 47.1 Å². The summed E-state index contributed by atoms with van der Waals surface area (Å²) in [5.41, 5.74) is 7.59. The van der Waals surface area contributed by atoms with E-state index in [2.05, 4.69) is 10.6 Å². The third-order valence-corrected chi connectivity index (χ3v) is 4.51. The van der Waals surface area contributed by atoms with E-state index in [1.807, 2.05) is 12.1 Å². The second-order valence-corrected chi connectivity index (χ2v) is 6.47. The van der Waals surface area contributed by atoms with Crippen molar-refractivity contribution in [3.63, 3.8) is 0 Å². The van der Waals surface area contributed by atoms with Crippen molar-refractivity contribution in [3.05, 3.63) is 54.0 Å². The summed E-state index contributed by atoms with van der Waals surface area (Å²) in [4.78, 5) is 24.1. The Morgan fingerprint density at radius 2 is 1.96 bits per heavy atom. The maximum atomic E-state index is 12.2. The summed E-state index contributed by atoms with van der Waals surface area (Å²) in [6, 6.07) is 10.8. The number of anilines is 1. The van der Waals surface area contributed by atoms with Crippen molar-refractivity contribution in [1.29, 1.82) is 0 Å². The van der Waals surface area contributed by atoms with E-state index in [-0.39, 0.29) is 29.5 Å². The highest BCUT2D eigenvalue weighted by Gasteiger charge is 2.24. The molecule has 3 rings (SSSR count). The van der Waals surface area contributed by atoms with Crippen LogP contribution in [0.5, 0.6) is 0 Å². The number of carbonyl (C=O) groups is 2. The minimum Gasteiger partial charge on any atom is -0.459 e. The summed E-state index contributed by atoms with van der Waals surface area (Å²) in [5.74, 6) is 0.0719. The molecule has 0 radical (unpaired) electrons. The molecule has 0 saturated heterocycles. The van der Waals surface area contributed by atoms with Gasteiger partial charge >= 0.3 is 0 Å².